The van der Waals surface area contributed by atoms with Gasteiger partial charge in [0, 0.05) is 25.4 Å². The average molecular weight is 292 g/mol. The molecule has 0 atom stereocenters. The second kappa shape index (κ2) is 6.16. The van der Waals surface area contributed by atoms with E-state index in [1.54, 1.807) is 4.68 Å². The fraction of sp³-hybridized carbons (Fsp3) is 0.417. The van der Waals surface area contributed by atoms with Crippen LogP contribution >= 0.6 is 0 Å². The number of hydrogen-bond donors (Lipinski definition) is 2. The Bertz CT molecular complexity index is 660. The van der Waals surface area contributed by atoms with E-state index in [-0.39, 0.29) is 18.1 Å². The minimum absolute atomic E-state index is 0.0813. The Morgan fingerprint density at radius 2 is 2.14 bits per heavy atom. The number of amides is 1. The molecule has 2 N–H and O–H groups in total. The summed E-state index contributed by atoms with van der Waals surface area (Å²) in [6, 6.07) is 0. The Kier molecular flexibility index (Phi) is 4.31. The number of rotatable bonds is 6. The van der Waals surface area contributed by atoms with Crippen LogP contribution in [0.4, 0.5) is 0 Å². The number of carbonyl (C=O) groups excluding carboxylic acids is 1. The molecule has 9 nitrogen and oxygen atoms in total. The highest BCUT2D eigenvalue weighted by molar-refractivity contribution is 5.84. The molecule has 0 aromatic carbocycles. The van der Waals surface area contributed by atoms with Gasteiger partial charge in [-0.1, -0.05) is 12.1 Å². The first kappa shape index (κ1) is 14.7. The van der Waals surface area contributed by atoms with Crippen molar-refractivity contribution in [2.24, 2.45) is 7.05 Å². The normalized spacial score (nSPS) is 10.6. The lowest BCUT2D eigenvalue weighted by Crippen LogP contribution is -2.27. The highest BCUT2D eigenvalue weighted by Crippen LogP contribution is 2.06. The second-order valence-corrected chi connectivity index (χ2v) is 4.51. The van der Waals surface area contributed by atoms with Gasteiger partial charge in [-0.3, -0.25) is 9.48 Å². The molecule has 0 unspecified atom stereocenters. The maximum absolute atomic E-state index is 11.8. The number of aryl methyl sites for hydroxylation is 2. The first-order chi connectivity index (χ1) is 9.99. The second-order valence-electron chi connectivity index (χ2n) is 4.51. The van der Waals surface area contributed by atoms with Crippen LogP contribution in [-0.4, -0.2) is 41.8 Å². The van der Waals surface area contributed by atoms with Gasteiger partial charge >= 0.3 is 5.97 Å². The van der Waals surface area contributed by atoms with Gasteiger partial charge in [-0.15, -0.1) is 5.10 Å². The number of nitrogens with zero attached hydrogens (tertiary/aromatic N) is 5. The Balaban J connectivity index is 1.90. The van der Waals surface area contributed by atoms with Gasteiger partial charge in [-0.25, -0.2) is 9.48 Å². The molecule has 2 heterocycles. The van der Waals surface area contributed by atoms with Crippen LogP contribution in [0.2, 0.25) is 0 Å². The number of aromatic nitrogens is 5. The van der Waals surface area contributed by atoms with Crippen molar-refractivity contribution in [1.29, 1.82) is 0 Å². The van der Waals surface area contributed by atoms with Crippen LogP contribution in [0.15, 0.2) is 12.4 Å². The Hall–Kier alpha value is -2.71. The van der Waals surface area contributed by atoms with Crippen LogP contribution in [0.5, 0.6) is 0 Å². The molecular formula is C12H16N6O3. The van der Waals surface area contributed by atoms with E-state index in [0.717, 1.165) is 17.7 Å². The van der Waals surface area contributed by atoms with Crippen molar-refractivity contribution < 1.29 is 14.7 Å². The molecule has 0 saturated carbocycles. The van der Waals surface area contributed by atoms with E-state index in [1.807, 2.05) is 20.2 Å². The zero-order valence-electron chi connectivity index (χ0n) is 11.8. The predicted octanol–water partition coefficient (Wildman–Crippen LogP) is -0.411. The van der Waals surface area contributed by atoms with Crippen molar-refractivity contribution in [2.75, 3.05) is 0 Å². The minimum atomic E-state index is -1.18. The van der Waals surface area contributed by atoms with Crippen molar-refractivity contribution in [3.8, 4) is 0 Å². The van der Waals surface area contributed by atoms with Gasteiger partial charge in [0.15, 0.2) is 5.69 Å². The van der Waals surface area contributed by atoms with E-state index < -0.39 is 5.97 Å². The van der Waals surface area contributed by atoms with Crippen molar-refractivity contribution in [1.82, 2.24) is 30.1 Å². The number of carbonyl (C=O) groups is 2. The van der Waals surface area contributed by atoms with Gasteiger partial charge in [-0.2, -0.15) is 5.10 Å². The van der Waals surface area contributed by atoms with Gasteiger partial charge < -0.3 is 10.4 Å². The molecule has 112 valence electrons. The smallest absolute Gasteiger partial charge is 0.358 e. The Morgan fingerprint density at radius 3 is 2.76 bits per heavy atom. The van der Waals surface area contributed by atoms with Crippen molar-refractivity contribution in [2.45, 2.75) is 26.4 Å². The average Bonchev–Trinajstić information content (AvgIpc) is 3.02. The third kappa shape index (κ3) is 3.65. The summed E-state index contributed by atoms with van der Waals surface area (Å²) in [4.78, 5) is 22.5. The molecule has 21 heavy (non-hydrogen) atoms. The minimum Gasteiger partial charge on any atom is -0.476 e. The van der Waals surface area contributed by atoms with E-state index in [2.05, 4.69) is 20.7 Å². The Morgan fingerprint density at radius 1 is 1.38 bits per heavy atom. The molecular weight excluding hydrogens is 276 g/mol. The largest absolute Gasteiger partial charge is 0.476 e. The maximum Gasteiger partial charge on any atom is 0.358 e. The molecule has 0 fully saturated rings. The lowest BCUT2D eigenvalue weighted by Gasteiger charge is -2.04. The van der Waals surface area contributed by atoms with Gasteiger partial charge in [0.05, 0.1) is 11.9 Å². The number of hydrogen-bond acceptors (Lipinski definition) is 5. The highest BCUT2D eigenvalue weighted by Gasteiger charge is 2.11. The van der Waals surface area contributed by atoms with Crippen molar-refractivity contribution in [3.63, 3.8) is 0 Å². The van der Waals surface area contributed by atoms with Crippen LogP contribution in [0, 0.1) is 0 Å². The molecule has 0 spiro atoms. The number of carboxylic acid groups (broad SMARTS) is 1. The molecule has 2 rings (SSSR count). The topological polar surface area (TPSA) is 115 Å². The summed E-state index contributed by atoms with van der Waals surface area (Å²) in [5, 5.41) is 22.8. The number of aromatic carboxylic acids is 1. The van der Waals surface area contributed by atoms with Crippen LogP contribution < -0.4 is 5.32 Å². The third-order valence-corrected chi connectivity index (χ3v) is 2.87. The first-order valence-electron chi connectivity index (χ1n) is 6.41. The molecule has 0 aliphatic carbocycles. The van der Waals surface area contributed by atoms with E-state index in [9.17, 15) is 9.59 Å². The lowest BCUT2D eigenvalue weighted by molar-refractivity contribution is -0.122. The summed E-state index contributed by atoms with van der Waals surface area (Å²) in [5.74, 6) is -1.45. The van der Waals surface area contributed by atoms with E-state index >= 15 is 0 Å². The van der Waals surface area contributed by atoms with Gasteiger partial charge in [0.25, 0.3) is 0 Å². The summed E-state index contributed by atoms with van der Waals surface area (Å²) < 4.78 is 2.89. The Labute approximate surface area is 120 Å². The SMILES string of the molecule is CCc1nn(C)cc1CNC(=O)Cn1cc(C(=O)O)nn1. The zero-order chi connectivity index (χ0) is 15.4. The van der Waals surface area contributed by atoms with E-state index in [0.29, 0.717) is 6.54 Å². The van der Waals surface area contributed by atoms with Gasteiger partial charge in [-0.05, 0) is 6.42 Å². The van der Waals surface area contributed by atoms with Crippen LogP contribution in [-0.2, 0) is 31.4 Å². The molecule has 0 bridgehead atoms. The van der Waals surface area contributed by atoms with Crippen LogP contribution in [0.1, 0.15) is 28.7 Å². The third-order valence-electron chi connectivity index (χ3n) is 2.87. The van der Waals surface area contributed by atoms with Crippen molar-refractivity contribution in [3.05, 3.63) is 29.3 Å². The summed E-state index contributed by atoms with van der Waals surface area (Å²) in [6.45, 7) is 2.29. The van der Waals surface area contributed by atoms with E-state index in [1.165, 1.54) is 10.9 Å². The molecule has 2 aromatic heterocycles. The van der Waals surface area contributed by atoms with Gasteiger partial charge in [0.2, 0.25) is 5.91 Å². The molecule has 1 amide bonds. The van der Waals surface area contributed by atoms with Crippen molar-refractivity contribution >= 4 is 11.9 Å². The fourth-order valence-corrected chi connectivity index (χ4v) is 1.90. The van der Waals surface area contributed by atoms with Gasteiger partial charge in [0.1, 0.15) is 6.54 Å². The highest BCUT2D eigenvalue weighted by atomic mass is 16.4. The molecule has 0 radical (unpaired) electrons. The molecule has 0 aliphatic heterocycles. The quantitative estimate of drug-likeness (QED) is 0.748. The molecule has 9 heteroatoms. The summed E-state index contributed by atoms with van der Waals surface area (Å²) in [7, 11) is 1.83. The maximum atomic E-state index is 11.8. The first-order valence-corrected chi connectivity index (χ1v) is 6.41. The summed E-state index contributed by atoms with van der Waals surface area (Å²) in [6.07, 6.45) is 3.86. The standard InChI is InChI=1S/C12H16N6O3/c1-3-9-8(5-17(2)15-9)4-13-11(19)7-18-6-10(12(20)21)14-16-18/h5-6H,3-4,7H2,1-2H3,(H,13,19)(H,20,21). The van der Waals surface area contributed by atoms with E-state index in [4.69, 9.17) is 5.11 Å². The molecule has 2 aromatic rings. The number of nitrogens with one attached hydrogen (secondary N) is 1. The van der Waals surface area contributed by atoms with Crippen LogP contribution in [0.25, 0.3) is 0 Å². The fourth-order valence-electron chi connectivity index (χ4n) is 1.90. The lowest BCUT2D eigenvalue weighted by atomic mass is 10.2. The molecule has 0 saturated heterocycles. The zero-order valence-corrected chi connectivity index (χ0v) is 11.8. The summed E-state index contributed by atoms with van der Waals surface area (Å²) in [5.41, 5.74) is 1.70. The monoisotopic (exact) mass is 292 g/mol. The molecule has 0 aliphatic rings. The number of carboxylic acids is 1. The summed E-state index contributed by atoms with van der Waals surface area (Å²) >= 11 is 0. The van der Waals surface area contributed by atoms with Crippen LogP contribution in [0.3, 0.4) is 0 Å². The predicted molar refractivity (Wildman–Crippen MR) is 71.4 cm³/mol.